The first-order chi connectivity index (χ1) is 13.6. The molecule has 4 rings (SSSR count). The molecule has 28 heavy (non-hydrogen) atoms. The Labute approximate surface area is 171 Å². The molecule has 0 aliphatic carbocycles. The number of rotatable bonds is 5. The standard InChI is InChI=1S/C23H15ClO3S/c24-19-9-1-2-10-20(19)27-18-8-4-5-15(14-18)21-11-12-22(28-21)23(26)16-6-3-7-17(25)13-16/h1-14,25H. The van der Waals surface area contributed by atoms with Crippen LogP contribution in [0, 0.1) is 0 Å². The Morgan fingerprint density at radius 2 is 1.71 bits per heavy atom. The predicted molar refractivity (Wildman–Crippen MR) is 113 cm³/mol. The molecular formula is C23H15ClO3S. The third-order valence-electron chi connectivity index (χ3n) is 4.12. The number of aromatic hydroxyl groups is 1. The second kappa shape index (κ2) is 7.89. The molecule has 0 spiro atoms. The molecule has 0 saturated carbocycles. The largest absolute Gasteiger partial charge is 0.508 e. The Kier molecular flexibility index (Phi) is 5.15. The van der Waals surface area contributed by atoms with Crippen molar-refractivity contribution in [2.75, 3.05) is 0 Å². The second-order valence-electron chi connectivity index (χ2n) is 6.10. The number of phenols is 1. The molecule has 5 heteroatoms. The molecule has 3 nitrogen and oxygen atoms in total. The Morgan fingerprint density at radius 1 is 0.893 bits per heavy atom. The third-order valence-corrected chi connectivity index (χ3v) is 5.57. The van der Waals surface area contributed by atoms with Gasteiger partial charge in [-0.25, -0.2) is 0 Å². The lowest BCUT2D eigenvalue weighted by Crippen LogP contribution is -1.97. The first kappa shape index (κ1) is 18.3. The molecule has 1 heterocycles. The summed E-state index contributed by atoms with van der Waals surface area (Å²) < 4.78 is 5.89. The molecular weight excluding hydrogens is 392 g/mol. The van der Waals surface area contributed by atoms with Crippen molar-refractivity contribution in [3.05, 3.63) is 100 Å². The summed E-state index contributed by atoms with van der Waals surface area (Å²) >= 11 is 7.56. The van der Waals surface area contributed by atoms with Crippen molar-refractivity contribution in [2.24, 2.45) is 0 Å². The highest BCUT2D eigenvalue weighted by Crippen LogP contribution is 2.34. The fourth-order valence-electron chi connectivity index (χ4n) is 2.77. The predicted octanol–water partition coefficient (Wildman–Crippen LogP) is 6.80. The topological polar surface area (TPSA) is 46.5 Å². The van der Waals surface area contributed by atoms with Crippen molar-refractivity contribution < 1.29 is 14.6 Å². The molecule has 4 aromatic rings. The highest BCUT2D eigenvalue weighted by molar-refractivity contribution is 7.17. The Balaban J connectivity index is 1.59. The zero-order chi connectivity index (χ0) is 19.5. The maximum absolute atomic E-state index is 12.6. The van der Waals surface area contributed by atoms with E-state index < -0.39 is 0 Å². The lowest BCUT2D eigenvalue weighted by Gasteiger charge is -2.08. The molecule has 0 aliphatic rings. The molecule has 1 aromatic heterocycles. The van der Waals surface area contributed by atoms with Gasteiger partial charge in [-0.1, -0.05) is 48.0 Å². The van der Waals surface area contributed by atoms with Gasteiger partial charge in [0.15, 0.2) is 0 Å². The van der Waals surface area contributed by atoms with E-state index in [0.29, 0.717) is 27.0 Å². The van der Waals surface area contributed by atoms with E-state index in [1.54, 1.807) is 30.3 Å². The van der Waals surface area contributed by atoms with Crippen molar-refractivity contribution in [1.29, 1.82) is 0 Å². The Bertz CT molecular complexity index is 1150. The normalized spacial score (nSPS) is 10.6. The number of ether oxygens (including phenoxy) is 1. The number of hydrogen-bond acceptors (Lipinski definition) is 4. The van der Waals surface area contributed by atoms with Gasteiger partial charge in [0.05, 0.1) is 9.90 Å². The van der Waals surface area contributed by atoms with Gasteiger partial charge in [0.1, 0.15) is 17.2 Å². The highest BCUT2D eigenvalue weighted by atomic mass is 35.5. The van der Waals surface area contributed by atoms with Gasteiger partial charge in [-0.05, 0) is 54.1 Å². The van der Waals surface area contributed by atoms with E-state index in [-0.39, 0.29) is 11.5 Å². The summed E-state index contributed by atoms with van der Waals surface area (Å²) in [6.45, 7) is 0. The van der Waals surface area contributed by atoms with E-state index >= 15 is 0 Å². The van der Waals surface area contributed by atoms with Gasteiger partial charge < -0.3 is 9.84 Å². The van der Waals surface area contributed by atoms with E-state index in [1.165, 1.54) is 17.4 Å². The van der Waals surface area contributed by atoms with Crippen LogP contribution in [-0.4, -0.2) is 10.9 Å². The van der Waals surface area contributed by atoms with Gasteiger partial charge in [0.25, 0.3) is 0 Å². The average molecular weight is 407 g/mol. The summed E-state index contributed by atoms with van der Waals surface area (Å²) in [7, 11) is 0. The Hall–Kier alpha value is -3.08. The van der Waals surface area contributed by atoms with Gasteiger partial charge in [-0.3, -0.25) is 4.79 Å². The number of halogens is 1. The molecule has 0 saturated heterocycles. The van der Waals surface area contributed by atoms with Crippen LogP contribution in [0.2, 0.25) is 5.02 Å². The van der Waals surface area contributed by atoms with Crippen LogP contribution in [0.5, 0.6) is 17.2 Å². The van der Waals surface area contributed by atoms with Gasteiger partial charge in [0.2, 0.25) is 5.78 Å². The minimum absolute atomic E-state index is 0.0760. The molecule has 1 N–H and O–H groups in total. The molecule has 0 atom stereocenters. The first-order valence-electron chi connectivity index (χ1n) is 8.56. The number of ketones is 1. The fourth-order valence-corrected chi connectivity index (χ4v) is 3.91. The van der Waals surface area contributed by atoms with Gasteiger partial charge in [0, 0.05) is 10.4 Å². The summed E-state index contributed by atoms with van der Waals surface area (Å²) in [4.78, 5) is 14.2. The maximum Gasteiger partial charge on any atom is 0.203 e. The molecule has 0 amide bonds. The van der Waals surface area contributed by atoms with Crippen molar-refractivity contribution in [3.63, 3.8) is 0 Å². The van der Waals surface area contributed by atoms with Crippen molar-refractivity contribution in [2.45, 2.75) is 0 Å². The SMILES string of the molecule is O=C(c1cccc(O)c1)c1ccc(-c2cccc(Oc3ccccc3Cl)c2)s1. The highest BCUT2D eigenvalue weighted by Gasteiger charge is 2.14. The van der Waals surface area contributed by atoms with Crippen LogP contribution >= 0.6 is 22.9 Å². The van der Waals surface area contributed by atoms with E-state index in [4.69, 9.17) is 16.3 Å². The number of benzene rings is 3. The van der Waals surface area contributed by atoms with Crippen LogP contribution in [0.3, 0.4) is 0 Å². The summed E-state index contributed by atoms with van der Waals surface area (Å²) in [6, 6.07) is 25.0. The molecule has 138 valence electrons. The minimum Gasteiger partial charge on any atom is -0.508 e. The smallest absolute Gasteiger partial charge is 0.203 e. The molecule has 0 aliphatic heterocycles. The number of carbonyl (C=O) groups excluding carboxylic acids is 1. The first-order valence-corrected chi connectivity index (χ1v) is 9.76. The van der Waals surface area contributed by atoms with Crippen LogP contribution in [0.25, 0.3) is 10.4 Å². The maximum atomic E-state index is 12.6. The Morgan fingerprint density at radius 3 is 2.54 bits per heavy atom. The second-order valence-corrected chi connectivity index (χ2v) is 7.59. The summed E-state index contributed by atoms with van der Waals surface area (Å²) in [5.41, 5.74) is 1.41. The van der Waals surface area contributed by atoms with Gasteiger partial charge in [-0.2, -0.15) is 0 Å². The zero-order valence-electron chi connectivity index (χ0n) is 14.6. The zero-order valence-corrected chi connectivity index (χ0v) is 16.2. The lowest BCUT2D eigenvalue weighted by molar-refractivity contribution is 0.104. The fraction of sp³-hybridized carbons (Fsp3) is 0. The minimum atomic E-state index is -0.115. The van der Waals surface area contributed by atoms with Crippen molar-refractivity contribution >= 4 is 28.7 Å². The number of hydrogen-bond donors (Lipinski definition) is 1. The molecule has 3 aromatic carbocycles. The lowest BCUT2D eigenvalue weighted by atomic mass is 10.1. The van der Waals surface area contributed by atoms with Crippen LogP contribution in [-0.2, 0) is 0 Å². The van der Waals surface area contributed by atoms with Crippen LogP contribution in [0.15, 0.2) is 84.9 Å². The quantitative estimate of drug-likeness (QED) is 0.371. The van der Waals surface area contributed by atoms with Crippen molar-refractivity contribution in [1.82, 2.24) is 0 Å². The molecule has 0 unspecified atom stereocenters. The summed E-state index contributed by atoms with van der Waals surface area (Å²) in [5.74, 6) is 1.22. The summed E-state index contributed by atoms with van der Waals surface area (Å²) in [6.07, 6.45) is 0. The van der Waals surface area contributed by atoms with Crippen LogP contribution in [0.4, 0.5) is 0 Å². The third kappa shape index (κ3) is 3.93. The monoisotopic (exact) mass is 406 g/mol. The van der Waals surface area contributed by atoms with Crippen molar-refractivity contribution in [3.8, 4) is 27.7 Å². The molecule has 0 radical (unpaired) electrons. The van der Waals surface area contributed by atoms with E-state index in [2.05, 4.69) is 0 Å². The molecule has 0 bridgehead atoms. The number of thiophene rings is 1. The number of para-hydroxylation sites is 1. The van der Waals surface area contributed by atoms with E-state index in [9.17, 15) is 9.90 Å². The van der Waals surface area contributed by atoms with E-state index in [1.807, 2.05) is 48.5 Å². The number of phenolic OH excluding ortho intramolecular Hbond substituents is 1. The van der Waals surface area contributed by atoms with Gasteiger partial charge >= 0.3 is 0 Å². The average Bonchev–Trinajstić information content (AvgIpc) is 3.20. The number of carbonyl (C=O) groups is 1. The van der Waals surface area contributed by atoms with Crippen LogP contribution in [0.1, 0.15) is 15.2 Å². The van der Waals surface area contributed by atoms with E-state index in [0.717, 1.165) is 10.4 Å². The summed E-state index contributed by atoms with van der Waals surface area (Å²) in [5, 5.41) is 10.1. The van der Waals surface area contributed by atoms with Gasteiger partial charge in [-0.15, -0.1) is 11.3 Å². The molecule has 0 fully saturated rings. The van der Waals surface area contributed by atoms with Crippen LogP contribution < -0.4 is 4.74 Å².